The summed E-state index contributed by atoms with van der Waals surface area (Å²) in [6, 6.07) is 2.27. The van der Waals surface area contributed by atoms with Gasteiger partial charge in [-0.05, 0) is 18.8 Å². The number of nitriles is 1. The van der Waals surface area contributed by atoms with Crippen molar-refractivity contribution >= 4 is 5.97 Å². The second-order valence-corrected chi connectivity index (χ2v) is 4.16. The van der Waals surface area contributed by atoms with Crippen LogP contribution in [0.25, 0.3) is 0 Å². The molecule has 0 spiro atoms. The van der Waals surface area contributed by atoms with Gasteiger partial charge in [0.1, 0.15) is 0 Å². The van der Waals surface area contributed by atoms with Crippen molar-refractivity contribution in [2.75, 3.05) is 0 Å². The van der Waals surface area contributed by atoms with Gasteiger partial charge >= 0.3 is 5.97 Å². The molecule has 0 aliphatic heterocycles. The summed E-state index contributed by atoms with van der Waals surface area (Å²) < 4.78 is 0. The highest BCUT2D eigenvalue weighted by molar-refractivity contribution is 5.70. The fourth-order valence-electron chi connectivity index (χ4n) is 2.28. The highest BCUT2D eigenvalue weighted by atomic mass is 16.4. The molecule has 3 atom stereocenters. The van der Waals surface area contributed by atoms with Crippen LogP contribution in [0, 0.1) is 29.1 Å². The molecular formula is C11H17NO2. The van der Waals surface area contributed by atoms with Crippen molar-refractivity contribution in [2.45, 2.75) is 39.0 Å². The highest BCUT2D eigenvalue weighted by Crippen LogP contribution is 2.33. The molecule has 1 aliphatic rings. The van der Waals surface area contributed by atoms with Crippen LogP contribution in [0.3, 0.4) is 0 Å². The van der Waals surface area contributed by atoms with E-state index >= 15 is 0 Å². The van der Waals surface area contributed by atoms with Crippen molar-refractivity contribution in [3.05, 3.63) is 0 Å². The third kappa shape index (κ3) is 2.47. The van der Waals surface area contributed by atoms with E-state index in [0.717, 1.165) is 32.1 Å². The summed E-state index contributed by atoms with van der Waals surface area (Å²) >= 11 is 0. The van der Waals surface area contributed by atoms with Crippen molar-refractivity contribution in [1.29, 1.82) is 5.26 Å². The standard InChI is InChI=1S/C11H17NO2/c1-8(11(13)14)10-6-4-2-3-5-9(10)7-12/h8-10H,2-6H2,1H3,(H,13,14). The number of hydrogen-bond donors (Lipinski definition) is 1. The molecule has 0 saturated heterocycles. The minimum atomic E-state index is -0.767. The summed E-state index contributed by atoms with van der Waals surface area (Å²) in [5.74, 6) is -1.14. The summed E-state index contributed by atoms with van der Waals surface area (Å²) in [5, 5.41) is 17.9. The monoisotopic (exact) mass is 195 g/mol. The Balaban J connectivity index is 2.71. The molecule has 1 fully saturated rings. The zero-order valence-electron chi connectivity index (χ0n) is 8.57. The summed E-state index contributed by atoms with van der Waals surface area (Å²) in [5.41, 5.74) is 0. The number of carboxylic acids is 1. The molecule has 78 valence electrons. The van der Waals surface area contributed by atoms with E-state index in [1.54, 1.807) is 6.92 Å². The van der Waals surface area contributed by atoms with Crippen LogP contribution < -0.4 is 0 Å². The Morgan fingerprint density at radius 1 is 1.43 bits per heavy atom. The van der Waals surface area contributed by atoms with Crippen LogP contribution in [0.2, 0.25) is 0 Å². The van der Waals surface area contributed by atoms with Crippen molar-refractivity contribution < 1.29 is 9.90 Å². The van der Waals surface area contributed by atoms with Gasteiger partial charge in [-0.15, -0.1) is 0 Å². The van der Waals surface area contributed by atoms with Gasteiger partial charge in [0.25, 0.3) is 0 Å². The highest BCUT2D eigenvalue weighted by Gasteiger charge is 2.31. The summed E-state index contributed by atoms with van der Waals surface area (Å²) in [6.45, 7) is 1.72. The molecule has 0 bridgehead atoms. The second kappa shape index (κ2) is 4.99. The molecule has 3 heteroatoms. The maximum Gasteiger partial charge on any atom is 0.306 e. The van der Waals surface area contributed by atoms with Crippen LogP contribution in [0.1, 0.15) is 39.0 Å². The number of carboxylic acid groups (broad SMARTS) is 1. The molecule has 1 saturated carbocycles. The SMILES string of the molecule is CC(C(=O)O)C1CCCCCC1C#N. The predicted molar refractivity (Wildman–Crippen MR) is 52.5 cm³/mol. The van der Waals surface area contributed by atoms with Gasteiger partial charge in [-0.25, -0.2) is 0 Å². The van der Waals surface area contributed by atoms with E-state index in [2.05, 4.69) is 6.07 Å². The van der Waals surface area contributed by atoms with Crippen LogP contribution in [0.4, 0.5) is 0 Å². The van der Waals surface area contributed by atoms with E-state index in [0.29, 0.717) is 0 Å². The lowest BCUT2D eigenvalue weighted by atomic mass is 9.80. The van der Waals surface area contributed by atoms with Gasteiger partial charge < -0.3 is 5.11 Å². The maximum atomic E-state index is 10.9. The van der Waals surface area contributed by atoms with Crippen LogP contribution in [0.15, 0.2) is 0 Å². The van der Waals surface area contributed by atoms with Crippen molar-refractivity contribution in [3.63, 3.8) is 0 Å². The van der Waals surface area contributed by atoms with Crippen molar-refractivity contribution in [1.82, 2.24) is 0 Å². The summed E-state index contributed by atoms with van der Waals surface area (Å²) in [7, 11) is 0. The van der Waals surface area contributed by atoms with Gasteiger partial charge in [-0.1, -0.05) is 26.2 Å². The molecule has 3 nitrogen and oxygen atoms in total. The average molecular weight is 195 g/mol. The molecule has 0 amide bonds. The quantitative estimate of drug-likeness (QED) is 0.688. The fourth-order valence-corrected chi connectivity index (χ4v) is 2.28. The lowest BCUT2D eigenvalue weighted by molar-refractivity contribution is -0.143. The molecule has 1 aliphatic carbocycles. The van der Waals surface area contributed by atoms with Gasteiger partial charge in [0.05, 0.1) is 12.0 Å². The average Bonchev–Trinajstić information content (AvgIpc) is 2.40. The number of aliphatic carboxylic acids is 1. The van der Waals surface area contributed by atoms with Gasteiger partial charge in [0, 0.05) is 5.92 Å². The van der Waals surface area contributed by atoms with E-state index in [1.165, 1.54) is 0 Å². The van der Waals surface area contributed by atoms with Gasteiger partial charge in [0.2, 0.25) is 0 Å². The van der Waals surface area contributed by atoms with E-state index in [4.69, 9.17) is 10.4 Å². The number of hydrogen-bond acceptors (Lipinski definition) is 2. The zero-order valence-corrected chi connectivity index (χ0v) is 8.57. The van der Waals surface area contributed by atoms with E-state index < -0.39 is 5.97 Å². The molecular weight excluding hydrogens is 178 g/mol. The topological polar surface area (TPSA) is 61.1 Å². The van der Waals surface area contributed by atoms with Crippen molar-refractivity contribution in [3.8, 4) is 6.07 Å². The van der Waals surface area contributed by atoms with Gasteiger partial charge in [-0.2, -0.15) is 5.26 Å². The van der Waals surface area contributed by atoms with Crippen LogP contribution >= 0.6 is 0 Å². The first-order valence-electron chi connectivity index (χ1n) is 5.29. The predicted octanol–water partition coefficient (Wildman–Crippen LogP) is 2.43. The van der Waals surface area contributed by atoms with Crippen LogP contribution in [0.5, 0.6) is 0 Å². The summed E-state index contributed by atoms with van der Waals surface area (Å²) in [4.78, 5) is 10.9. The fraction of sp³-hybridized carbons (Fsp3) is 0.818. The van der Waals surface area contributed by atoms with Crippen LogP contribution in [-0.2, 0) is 4.79 Å². The zero-order chi connectivity index (χ0) is 10.6. The molecule has 1 rings (SSSR count). The Morgan fingerprint density at radius 2 is 2.07 bits per heavy atom. The first-order valence-corrected chi connectivity index (χ1v) is 5.29. The van der Waals surface area contributed by atoms with Crippen LogP contribution in [-0.4, -0.2) is 11.1 Å². The number of rotatable bonds is 2. The molecule has 3 unspecified atom stereocenters. The molecule has 14 heavy (non-hydrogen) atoms. The van der Waals surface area contributed by atoms with E-state index in [-0.39, 0.29) is 17.8 Å². The van der Waals surface area contributed by atoms with Crippen molar-refractivity contribution in [2.24, 2.45) is 17.8 Å². The second-order valence-electron chi connectivity index (χ2n) is 4.16. The Morgan fingerprint density at radius 3 is 2.64 bits per heavy atom. The lowest BCUT2D eigenvalue weighted by Crippen LogP contribution is -2.26. The largest absolute Gasteiger partial charge is 0.481 e. The molecule has 0 aromatic rings. The molecule has 0 radical (unpaired) electrons. The minimum Gasteiger partial charge on any atom is -0.481 e. The lowest BCUT2D eigenvalue weighted by Gasteiger charge is -2.22. The first kappa shape index (κ1) is 11.0. The summed E-state index contributed by atoms with van der Waals surface area (Å²) in [6.07, 6.45) is 5.05. The van der Waals surface area contributed by atoms with Gasteiger partial charge in [0.15, 0.2) is 0 Å². The molecule has 1 N–H and O–H groups in total. The maximum absolute atomic E-state index is 10.9. The minimum absolute atomic E-state index is 0.0522. The van der Waals surface area contributed by atoms with Gasteiger partial charge in [-0.3, -0.25) is 4.79 Å². The normalized spacial score (nSPS) is 30.0. The van der Waals surface area contributed by atoms with E-state index in [1.807, 2.05) is 0 Å². The third-order valence-electron chi connectivity index (χ3n) is 3.27. The third-order valence-corrected chi connectivity index (χ3v) is 3.27. The Hall–Kier alpha value is -1.04. The molecule has 0 aromatic heterocycles. The Labute approximate surface area is 84.7 Å². The Kier molecular flexibility index (Phi) is 3.94. The Bertz CT molecular complexity index is 244. The molecule has 0 heterocycles. The first-order chi connectivity index (χ1) is 6.66. The van der Waals surface area contributed by atoms with E-state index in [9.17, 15) is 4.79 Å². The smallest absolute Gasteiger partial charge is 0.306 e. The number of carbonyl (C=O) groups is 1. The molecule has 0 aromatic carbocycles. The number of nitrogens with zero attached hydrogens (tertiary/aromatic N) is 1.